The first-order chi connectivity index (χ1) is 9.11. The highest BCUT2D eigenvalue weighted by molar-refractivity contribution is 5.24. The molecule has 108 valence electrons. The molecule has 1 aliphatic rings. The molecule has 1 aliphatic heterocycles. The Balaban J connectivity index is 2.04. The summed E-state index contributed by atoms with van der Waals surface area (Å²) in [6, 6.07) is 0. The van der Waals surface area contributed by atoms with Gasteiger partial charge in [-0.3, -0.25) is 4.68 Å². The van der Waals surface area contributed by atoms with Gasteiger partial charge in [-0.15, -0.1) is 0 Å². The van der Waals surface area contributed by atoms with E-state index in [9.17, 15) is 0 Å². The fourth-order valence-corrected chi connectivity index (χ4v) is 2.59. The number of nitrogens with zero attached hydrogens (tertiary/aromatic N) is 3. The Labute approximate surface area is 115 Å². The van der Waals surface area contributed by atoms with E-state index in [4.69, 9.17) is 4.74 Å². The summed E-state index contributed by atoms with van der Waals surface area (Å²) in [7, 11) is 2.15. The van der Waals surface area contributed by atoms with Gasteiger partial charge < -0.3 is 15.0 Å². The first kappa shape index (κ1) is 14.5. The van der Waals surface area contributed by atoms with Crippen molar-refractivity contribution >= 4 is 0 Å². The molecule has 1 N–H and O–H groups in total. The van der Waals surface area contributed by atoms with Gasteiger partial charge in [-0.2, -0.15) is 5.10 Å². The highest BCUT2D eigenvalue weighted by Gasteiger charge is 2.20. The van der Waals surface area contributed by atoms with E-state index in [1.165, 1.54) is 11.3 Å². The van der Waals surface area contributed by atoms with Gasteiger partial charge in [0.2, 0.25) is 0 Å². The molecule has 2 heterocycles. The van der Waals surface area contributed by atoms with Crippen LogP contribution in [0.4, 0.5) is 0 Å². The molecule has 1 aromatic heterocycles. The van der Waals surface area contributed by atoms with Crippen molar-refractivity contribution in [3.05, 3.63) is 17.0 Å². The molecule has 5 nitrogen and oxygen atoms in total. The fourth-order valence-electron chi connectivity index (χ4n) is 2.59. The number of hydrogen-bond donors (Lipinski definition) is 1. The molecular weight excluding hydrogens is 240 g/mol. The number of morpholine rings is 1. The van der Waals surface area contributed by atoms with Crippen LogP contribution in [0, 0.1) is 13.8 Å². The Morgan fingerprint density at radius 3 is 2.89 bits per heavy atom. The molecule has 19 heavy (non-hydrogen) atoms. The first-order valence-electron chi connectivity index (χ1n) is 7.15. The average Bonchev–Trinajstić information content (AvgIpc) is 2.62. The summed E-state index contributed by atoms with van der Waals surface area (Å²) in [6.45, 7) is 11.9. The fraction of sp³-hybridized carbons (Fsp3) is 0.786. The summed E-state index contributed by atoms with van der Waals surface area (Å²) in [5.41, 5.74) is 3.71. The Morgan fingerprint density at radius 1 is 1.42 bits per heavy atom. The smallest absolute Gasteiger partial charge is 0.0898 e. The van der Waals surface area contributed by atoms with Crippen LogP contribution in [0.5, 0.6) is 0 Å². The molecule has 0 aliphatic carbocycles. The SMILES string of the molecule is CCNCc1c(C)nn(CC2CN(C)CCO2)c1C. The third kappa shape index (κ3) is 3.55. The number of hydrogen-bond acceptors (Lipinski definition) is 4. The molecule has 2 rings (SSSR count). The van der Waals surface area contributed by atoms with Crippen molar-refractivity contribution in [1.29, 1.82) is 0 Å². The lowest BCUT2D eigenvalue weighted by Gasteiger charge is -2.30. The predicted octanol–water partition coefficient (Wildman–Crippen LogP) is 0.940. The van der Waals surface area contributed by atoms with Crippen LogP contribution in [0.1, 0.15) is 23.9 Å². The molecule has 1 aromatic rings. The van der Waals surface area contributed by atoms with E-state index in [1.54, 1.807) is 0 Å². The van der Waals surface area contributed by atoms with Gasteiger partial charge in [-0.1, -0.05) is 6.92 Å². The molecule has 1 unspecified atom stereocenters. The number of likely N-dealkylation sites (N-methyl/N-ethyl adjacent to an activating group) is 1. The number of aromatic nitrogens is 2. The molecule has 1 saturated heterocycles. The summed E-state index contributed by atoms with van der Waals surface area (Å²) in [4.78, 5) is 2.32. The maximum atomic E-state index is 5.82. The van der Waals surface area contributed by atoms with E-state index < -0.39 is 0 Å². The van der Waals surface area contributed by atoms with E-state index in [0.717, 1.165) is 45.0 Å². The van der Waals surface area contributed by atoms with Gasteiger partial charge in [0, 0.05) is 30.9 Å². The Hall–Kier alpha value is -0.910. The van der Waals surface area contributed by atoms with Crippen molar-refractivity contribution in [2.75, 3.05) is 33.3 Å². The minimum atomic E-state index is 0.253. The van der Waals surface area contributed by atoms with Crippen molar-refractivity contribution in [1.82, 2.24) is 20.0 Å². The van der Waals surface area contributed by atoms with Crippen LogP contribution in [-0.2, 0) is 17.8 Å². The van der Waals surface area contributed by atoms with Gasteiger partial charge in [0.05, 0.1) is 24.9 Å². The van der Waals surface area contributed by atoms with Gasteiger partial charge in [-0.25, -0.2) is 0 Å². The second-order valence-corrected chi connectivity index (χ2v) is 5.37. The minimum absolute atomic E-state index is 0.253. The van der Waals surface area contributed by atoms with Crippen molar-refractivity contribution in [3.8, 4) is 0 Å². The zero-order valence-corrected chi connectivity index (χ0v) is 12.6. The minimum Gasteiger partial charge on any atom is -0.374 e. The average molecular weight is 266 g/mol. The Bertz CT molecular complexity index is 416. The predicted molar refractivity (Wildman–Crippen MR) is 76.3 cm³/mol. The number of aryl methyl sites for hydroxylation is 1. The monoisotopic (exact) mass is 266 g/mol. The van der Waals surface area contributed by atoms with E-state index >= 15 is 0 Å². The van der Waals surface area contributed by atoms with Crippen LogP contribution >= 0.6 is 0 Å². The highest BCUT2D eigenvalue weighted by Crippen LogP contribution is 2.15. The lowest BCUT2D eigenvalue weighted by atomic mass is 10.2. The molecule has 0 saturated carbocycles. The molecule has 0 bridgehead atoms. The lowest BCUT2D eigenvalue weighted by molar-refractivity contribution is -0.0293. The topological polar surface area (TPSA) is 42.3 Å². The maximum Gasteiger partial charge on any atom is 0.0898 e. The number of nitrogens with one attached hydrogen (secondary N) is 1. The summed E-state index contributed by atoms with van der Waals surface area (Å²) in [6.07, 6.45) is 0.253. The van der Waals surface area contributed by atoms with Crippen LogP contribution < -0.4 is 5.32 Å². The molecule has 0 amide bonds. The van der Waals surface area contributed by atoms with E-state index in [2.05, 4.69) is 47.8 Å². The maximum absolute atomic E-state index is 5.82. The molecule has 1 fully saturated rings. The van der Waals surface area contributed by atoms with Gasteiger partial charge >= 0.3 is 0 Å². The van der Waals surface area contributed by atoms with E-state index in [1.807, 2.05) is 0 Å². The molecule has 0 spiro atoms. The summed E-state index contributed by atoms with van der Waals surface area (Å²) < 4.78 is 7.92. The lowest BCUT2D eigenvalue weighted by Crippen LogP contribution is -2.42. The van der Waals surface area contributed by atoms with Crippen molar-refractivity contribution in [3.63, 3.8) is 0 Å². The largest absolute Gasteiger partial charge is 0.374 e. The van der Waals surface area contributed by atoms with Gasteiger partial charge in [0.25, 0.3) is 0 Å². The quantitative estimate of drug-likeness (QED) is 0.861. The first-order valence-corrected chi connectivity index (χ1v) is 7.15. The zero-order valence-electron chi connectivity index (χ0n) is 12.6. The van der Waals surface area contributed by atoms with Crippen LogP contribution in [0.25, 0.3) is 0 Å². The third-order valence-electron chi connectivity index (χ3n) is 3.80. The van der Waals surface area contributed by atoms with Crippen LogP contribution in [0.15, 0.2) is 0 Å². The van der Waals surface area contributed by atoms with Crippen molar-refractivity contribution < 1.29 is 4.74 Å². The molecular formula is C14H26N4O. The molecule has 0 radical (unpaired) electrons. The Morgan fingerprint density at radius 2 is 2.21 bits per heavy atom. The van der Waals surface area contributed by atoms with E-state index in [0.29, 0.717) is 0 Å². The number of ether oxygens (including phenoxy) is 1. The van der Waals surface area contributed by atoms with Crippen LogP contribution in [-0.4, -0.2) is 54.1 Å². The summed E-state index contributed by atoms with van der Waals surface area (Å²) >= 11 is 0. The summed E-state index contributed by atoms with van der Waals surface area (Å²) in [5, 5.41) is 8.04. The molecule has 0 aromatic carbocycles. The molecule has 5 heteroatoms. The molecule has 1 atom stereocenters. The number of rotatable bonds is 5. The third-order valence-corrected chi connectivity index (χ3v) is 3.80. The normalized spacial score (nSPS) is 20.9. The van der Waals surface area contributed by atoms with Crippen molar-refractivity contribution in [2.24, 2.45) is 0 Å². The zero-order chi connectivity index (χ0) is 13.8. The standard InChI is InChI=1S/C14H26N4O/c1-5-15-8-14-11(2)16-18(12(14)3)10-13-9-17(4)6-7-19-13/h13,15H,5-10H2,1-4H3. The van der Waals surface area contributed by atoms with Crippen LogP contribution in [0.3, 0.4) is 0 Å². The second kappa shape index (κ2) is 6.50. The van der Waals surface area contributed by atoms with E-state index in [-0.39, 0.29) is 6.10 Å². The van der Waals surface area contributed by atoms with Gasteiger partial charge in [0.1, 0.15) is 0 Å². The second-order valence-electron chi connectivity index (χ2n) is 5.37. The highest BCUT2D eigenvalue weighted by atomic mass is 16.5. The van der Waals surface area contributed by atoms with Crippen molar-refractivity contribution in [2.45, 2.75) is 40.0 Å². The van der Waals surface area contributed by atoms with Crippen LogP contribution in [0.2, 0.25) is 0 Å². The Kier molecular flexibility index (Phi) is 4.96. The summed E-state index contributed by atoms with van der Waals surface area (Å²) in [5.74, 6) is 0. The van der Waals surface area contributed by atoms with Gasteiger partial charge in [0.15, 0.2) is 0 Å². The van der Waals surface area contributed by atoms with Gasteiger partial charge in [-0.05, 0) is 27.4 Å².